The maximum absolute atomic E-state index is 14.8. The summed E-state index contributed by atoms with van der Waals surface area (Å²) >= 11 is 0. The van der Waals surface area contributed by atoms with Crippen LogP contribution >= 0.6 is 0 Å². The van der Waals surface area contributed by atoms with Gasteiger partial charge in [-0.2, -0.15) is 0 Å². The smallest absolute Gasteiger partial charge is 0.315 e. The fraction of sp³-hybridized carbons (Fsp3) is 0.536. The first-order valence-corrected chi connectivity index (χ1v) is 25.8. The van der Waals surface area contributed by atoms with Gasteiger partial charge < -0.3 is 50.2 Å². The fourth-order valence-electron chi connectivity index (χ4n) is 10.7. The van der Waals surface area contributed by atoms with Gasteiger partial charge in [0, 0.05) is 93.9 Å². The molecule has 5 bridgehead atoms. The van der Waals surface area contributed by atoms with E-state index in [1.807, 2.05) is 25.1 Å². The molecule has 0 aliphatic carbocycles. The second kappa shape index (κ2) is 22.1. The summed E-state index contributed by atoms with van der Waals surface area (Å²) in [6.45, 7) is 17.3. The number of likely N-dealkylation sites (tertiary alicyclic amines) is 2. The number of benzene rings is 3. The Bertz CT molecular complexity index is 2810. The molecule has 3 aromatic carbocycles. The lowest BCUT2D eigenvalue weighted by atomic mass is 9.91. The molecular weight excluding hydrogens is 933 g/mol. The van der Waals surface area contributed by atoms with Crippen molar-refractivity contribution in [3.8, 4) is 17.2 Å². The Balaban J connectivity index is 1.06. The average Bonchev–Trinajstić information content (AvgIpc) is 3.84. The number of aliphatic hydroxyl groups excluding tert-OH is 2. The Morgan fingerprint density at radius 3 is 2.37 bits per heavy atom. The van der Waals surface area contributed by atoms with Gasteiger partial charge in [-0.25, -0.2) is 4.99 Å². The summed E-state index contributed by atoms with van der Waals surface area (Å²) in [5, 5.41) is 53.3. The number of Topliss-reactive ketones (excluding diaryl/α,β-unsaturated/α-hetero) is 1. The first kappa shape index (κ1) is 53.2. The zero-order valence-electron chi connectivity index (χ0n) is 43.1. The molecular formula is C56H72N6O11. The Labute approximate surface area is 426 Å². The number of nitrogens with zero attached hydrogens (tertiary/aromatic N) is 4. The molecule has 6 aliphatic heterocycles. The number of esters is 1. The second-order valence-electron chi connectivity index (χ2n) is 21.4. The zero-order chi connectivity index (χ0) is 52.4. The number of hydrogen-bond acceptors (Lipinski definition) is 15. The normalized spacial score (nSPS) is 27.8. The monoisotopic (exact) mass is 1000 g/mol. The van der Waals surface area contributed by atoms with Gasteiger partial charge in [-0.15, -0.1) is 0 Å². The van der Waals surface area contributed by atoms with Crippen LogP contribution in [0.25, 0.3) is 10.8 Å². The van der Waals surface area contributed by atoms with Crippen molar-refractivity contribution in [1.29, 1.82) is 0 Å². The molecule has 17 nitrogen and oxygen atoms in total. The lowest BCUT2D eigenvalue weighted by molar-refractivity contribution is -0.155. The van der Waals surface area contributed by atoms with Gasteiger partial charge in [-0.05, 0) is 63.0 Å². The van der Waals surface area contributed by atoms with Crippen molar-refractivity contribution in [2.45, 2.75) is 142 Å². The van der Waals surface area contributed by atoms with Crippen LogP contribution in [0.4, 0.5) is 5.69 Å². The molecule has 1 spiro atoms. The number of phenolic OH excluding ortho intramolecular Hbond substituents is 2. The SMILES string of the molecule is C/C1=C/C=C/C(C)[C@H](O)CC(O)C[C@H](OC(=O)CC(=O)NC2CCN(Cc3ccccc3)CC2)[C@H](C)C/C=C/OC2(C)Oc3c(C)c(O)c4c(O)c(c5c(c4c3C2=O)NC2(CCN(CC(C)C)CC2)N=5)=NC1=O. The van der Waals surface area contributed by atoms with Gasteiger partial charge in [0.15, 0.2) is 5.75 Å². The number of phenols is 2. The molecule has 0 aromatic heterocycles. The highest BCUT2D eigenvalue weighted by Gasteiger charge is 2.50. The average molecular weight is 1010 g/mol. The van der Waals surface area contributed by atoms with Crippen LogP contribution < -0.4 is 26.1 Å². The number of aromatic hydroxyl groups is 2. The molecule has 2 fully saturated rings. The van der Waals surface area contributed by atoms with Gasteiger partial charge in [0.2, 0.25) is 5.91 Å². The minimum Gasteiger partial charge on any atom is -0.507 e. The van der Waals surface area contributed by atoms with Gasteiger partial charge in [0.25, 0.3) is 11.7 Å². The van der Waals surface area contributed by atoms with E-state index in [1.54, 1.807) is 39.0 Å². The van der Waals surface area contributed by atoms with E-state index < -0.39 is 77.3 Å². The summed E-state index contributed by atoms with van der Waals surface area (Å²) in [5.41, 5.74) is 1.10. The standard InChI is InChI=1S/C56H72N6O11/c1-32(2)30-62-24-20-56(21-25-62)59-47-44-45-50(67)36(6)52-46(44)53(69)55(7,73-52)71-26-12-15-34(4)41(72-43(66)29-42(65)57-38-18-22-61(23-19-38)31-37-16-9-8-10-17-37)28-39(63)27-40(64)33(3)13-11-14-35(5)54(70)58-49(51(45)68)48(47)60-56/h8-14,16-17,26,32-34,38-41,59,63-64,67-68H,15,18-25,27-31H2,1-7H3,(H,57,65)/b13-11+,26-12+,35-14-,58-49?/t33?,34-,39?,40-,41+,55?/m1/s1. The van der Waals surface area contributed by atoms with Crippen LogP contribution in [-0.4, -0.2) is 122 Å². The molecule has 6 atom stereocenters. The molecule has 6 heterocycles. The van der Waals surface area contributed by atoms with Crippen molar-refractivity contribution in [2.75, 3.05) is 38.0 Å². The van der Waals surface area contributed by atoms with E-state index in [0.29, 0.717) is 24.4 Å². The highest BCUT2D eigenvalue weighted by Crippen LogP contribution is 2.51. The minimum absolute atomic E-state index is 0.0492. The van der Waals surface area contributed by atoms with E-state index in [9.17, 15) is 39.6 Å². The third kappa shape index (κ3) is 11.8. The number of carbonyl (C=O) groups is 4. The number of hydrogen-bond donors (Lipinski definition) is 6. The van der Waals surface area contributed by atoms with Gasteiger partial charge in [-0.1, -0.05) is 76.3 Å². The summed E-state index contributed by atoms with van der Waals surface area (Å²) < 4.78 is 18.4. The highest BCUT2D eigenvalue weighted by atomic mass is 16.7. The lowest BCUT2D eigenvalue weighted by Crippen LogP contribution is -2.47. The number of piperidine rings is 2. The van der Waals surface area contributed by atoms with Gasteiger partial charge >= 0.3 is 11.8 Å². The molecule has 6 aliphatic rings. The molecule has 392 valence electrons. The van der Waals surface area contributed by atoms with Gasteiger partial charge in [0.1, 0.15) is 40.4 Å². The lowest BCUT2D eigenvalue weighted by Gasteiger charge is -2.38. The number of anilines is 1. The molecule has 73 heavy (non-hydrogen) atoms. The fourth-order valence-corrected chi connectivity index (χ4v) is 10.7. The van der Waals surface area contributed by atoms with E-state index >= 15 is 0 Å². The first-order valence-electron chi connectivity index (χ1n) is 25.8. The molecule has 2 amide bonds. The topological polar surface area (TPSA) is 232 Å². The minimum atomic E-state index is -1.94. The second-order valence-corrected chi connectivity index (χ2v) is 21.4. The number of nitrogens with one attached hydrogen (secondary N) is 2. The number of aliphatic hydroxyl groups is 2. The number of ketones is 1. The zero-order valence-corrected chi connectivity index (χ0v) is 43.1. The number of fused-ring (bicyclic) bond motifs is 13. The number of amides is 2. The summed E-state index contributed by atoms with van der Waals surface area (Å²) in [5.74, 6) is -5.75. The van der Waals surface area contributed by atoms with E-state index in [-0.39, 0.29) is 75.0 Å². The quantitative estimate of drug-likeness (QED) is 0.0893. The Morgan fingerprint density at radius 2 is 1.67 bits per heavy atom. The van der Waals surface area contributed by atoms with Crippen molar-refractivity contribution in [3.05, 3.63) is 93.9 Å². The molecule has 6 N–H and O–H groups in total. The molecule has 17 heteroatoms. The van der Waals surface area contributed by atoms with E-state index in [1.165, 1.54) is 24.8 Å². The van der Waals surface area contributed by atoms with Crippen LogP contribution in [0, 0.1) is 24.7 Å². The summed E-state index contributed by atoms with van der Waals surface area (Å²) in [4.78, 5) is 69.6. The predicted octanol–water partition coefficient (Wildman–Crippen LogP) is 5.78. The van der Waals surface area contributed by atoms with Gasteiger partial charge in [-0.3, -0.25) is 29.1 Å². The molecule has 2 saturated heterocycles. The summed E-state index contributed by atoms with van der Waals surface area (Å²) in [6.07, 6.45) is 7.00. The van der Waals surface area contributed by atoms with Crippen molar-refractivity contribution < 1.29 is 53.8 Å². The number of carbonyl (C=O) groups excluding carboxylic acids is 4. The summed E-state index contributed by atoms with van der Waals surface area (Å²) in [6, 6.07) is 10.1. The van der Waals surface area contributed by atoms with E-state index in [4.69, 9.17) is 19.2 Å². The number of allylic oxidation sites excluding steroid dienone is 3. The molecule has 3 unspecified atom stereocenters. The third-order valence-electron chi connectivity index (χ3n) is 15.0. The molecule has 0 saturated carbocycles. The van der Waals surface area contributed by atoms with Crippen LogP contribution in [0.15, 0.2) is 76.5 Å². The van der Waals surface area contributed by atoms with Crippen LogP contribution in [0.3, 0.4) is 0 Å². The Kier molecular flexibility index (Phi) is 16.1. The maximum atomic E-state index is 14.8. The first-order chi connectivity index (χ1) is 34.7. The number of rotatable bonds is 8. The van der Waals surface area contributed by atoms with Gasteiger partial charge in [0.05, 0.1) is 35.1 Å². The number of ether oxygens (including phenoxy) is 3. The van der Waals surface area contributed by atoms with E-state index in [2.05, 4.69) is 51.4 Å². The predicted molar refractivity (Wildman–Crippen MR) is 274 cm³/mol. The van der Waals surface area contributed by atoms with E-state index in [0.717, 1.165) is 52.1 Å². The van der Waals surface area contributed by atoms with Crippen LogP contribution in [0.2, 0.25) is 0 Å². The molecule has 0 radical (unpaired) electrons. The van der Waals surface area contributed by atoms with Crippen LogP contribution in [-0.2, 0) is 30.4 Å². The Hall–Kier alpha value is -6.14. The third-order valence-corrected chi connectivity index (χ3v) is 15.0. The van der Waals surface area contributed by atoms with Crippen molar-refractivity contribution in [3.63, 3.8) is 0 Å². The highest BCUT2D eigenvalue weighted by molar-refractivity contribution is 6.21. The largest absolute Gasteiger partial charge is 0.507 e. The van der Waals surface area contributed by atoms with Crippen LogP contribution in [0.1, 0.15) is 114 Å². The molecule has 9 rings (SSSR count). The summed E-state index contributed by atoms with van der Waals surface area (Å²) in [7, 11) is 0. The maximum Gasteiger partial charge on any atom is 0.315 e. The van der Waals surface area contributed by atoms with Crippen molar-refractivity contribution >= 4 is 40.0 Å². The van der Waals surface area contributed by atoms with Crippen LogP contribution in [0.5, 0.6) is 17.2 Å². The van der Waals surface area contributed by atoms with Crippen molar-refractivity contribution in [2.24, 2.45) is 27.7 Å². The Morgan fingerprint density at radius 1 is 0.959 bits per heavy atom. The molecule has 3 aromatic rings. The van der Waals surface area contributed by atoms with Crippen molar-refractivity contribution in [1.82, 2.24) is 15.1 Å².